The van der Waals surface area contributed by atoms with Gasteiger partial charge >= 0.3 is 11.9 Å². The van der Waals surface area contributed by atoms with E-state index in [4.69, 9.17) is 18.9 Å². The van der Waals surface area contributed by atoms with Crippen molar-refractivity contribution in [2.45, 2.75) is 25.4 Å². The molecule has 2 aromatic carbocycles. The third kappa shape index (κ3) is 11.2. The zero-order valence-corrected chi connectivity index (χ0v) is 27.8. The maximum atomic E-state index is 12.0. The molecule has 2 atom stereocenters. The normalized spacial score (nSPS) is 15.8. The topological polar surface area (TPSA) is 144 Å². The zero-order valence-electron chi connectivity index (χ0n) is 27.8. The first-order valence-electron chi connectivity index (χ1n) is 16.5. The minimum atomic E-state index is -1.67. The fourth-order valence-corrected chi connectivity index (χ4v) is 5.09. The second kappa shape index (κ2) is 19.2. The largest absolute Gasteiger partial charge is 0.459 e. The van der Waals surface area contributed by atoms with Gasteiger partial charge in [-0.15, -0.1) is 0 Å². The van der Waals surface area contributed by atoms with Crippen molar-refractivity contribution in [3.63, 3.8) is 0 Å². The summed E-state index contributed by atoms with van der Waals surface area (Å²) in [6, 6.07) is 26.1. The lowest BCUT2D eigenvalue weighted by Crippen LogP contribution is -2.36. The van der Waals surface area contributed by atoms with Crippen molar-refractivity contribution < 1.29 is 38.7 Å². The molecule has 2 aromatic heterocycles. The number of aliphatic hydroxyl groups is 2. The van der Waals surface area contributed by atoms with E-state index in [0.29, 0.717) is 18.8 Å². The number of benzene rings is 2. The number of morpholine rings is 2. The number of hydrogen-bond donors (Lipinski definition) is 2. The Kier molecular flexibility index (Phi) is 13.8. The average molecular weight is 683 g/mol. The quantitative estimate of drug-likeness (QED) is 0.176. The first kappa shape index (κ1) is 36.1. The van der Waals surface area contributed by atoms with Gasteiger partial charge in [-0.3, -0.25) is 0 Å². The number of rotatable bonds is 11. The molecule has 12 nitrogen and oxygen atoms in total. The van der Waals surface area contributed by atoms with Crippen LogP contribution < -0.4 is 9.80 Å². The summed E-state index contributed by atoms with van der Waals surface area (Å²) in [7, 11) is 0. The highest BCUT2D eigenvalue weighted by molar-refractivity contribution is 5.87. The van der Waals surface area contributed by atoms with Crippen LogP contribution in [-0.4, -0.2) is 90.8 Å². The highest BCUT2D eigenvalue weighted by Crippen LogP contribution is 2.21. The van der Waals surface area contributed by atoms with Crippen molar-refractivity contribution in [1.82, 2.24) is 9.97 Å². The van der Waals surface area contributed by atoms with E-state index in [2.05, 4.69) is 19.8 Å². The number of nitrogens with zero attached hydrogens (tertiary/aromatic N) is 4. The Bertz CT molecular complexity index is 1630. The second-order valence-electron chi connectivity index (χ2n) is 11.5. The third-order valence-electron chi connectivity index (χ3n) is 7.95. The number of anilines is 2. The summed E-state index contributed by atoms with van der Waals surface area (Å²) >= 11 is 0. The standard InChI is InChI=1S/C19H22N2O5.C19H20N2O3/c22-17(18(23)19(24)26-13-14-4-2-1-3-5-14)15-6-7-16(20-12-15)21-8-10-25-11-9-21;22-19(24-15-17-4-2-1-3-5-17)9-7-16-6-8-18(20-14-16)21-10-12-23-13-11-21/h1-7,12,17-18,22-23H,8-11,13H2;1-9,14H,10-13,15H2/b;9-7+/t17-,18+;/m0./s1. The molecule has 2 aliphatic rings. The molecule has 262 valence electrons. The predicted octanol–water partition coefficient (Wildman–Crippen LogP) is 3.73. The predicted molar refractivity (Wildman–Crippen MR) is 187 cm³/mol. The maximum absolute atomic E-state index is 12.0. The van der Waals surface area contributed by atoms with Crippen LogP contribution in [0.25, 0.3) is 6.08 Å². The molecule has 12 heteroatoms. The summed E-state index contributed by atoms with van der Waals surface area (Å²) < 4.78 is 20.9. The molecular weight excluding hydrogens is 640 g/mol. The van der Waals surface area contributed by atoms with Crippen molar-refractivity contribution in [2.75, 3.05) is 62.4 Å². The summed E-state index contributed by atoms with van der Waals surface area (Å²) in [5, 5.41) is 20.3. The number of hydrogen-bond acceptors (Lipinski definition) is 12. The first-order chi connectivity index (χ1) is 24.5. The average Bonchev–Trinajstić information content (AvgIpc) is 3.19. The van der Waals surface area contributed by atoms with Crippen LogP contribution in [0.5, 0.6) is 0 Å². The summed E-state index contributed by atoms with van der Waals surface area (Å²) in [5.41, 5.74) is 2.99. The monoisotopic (exact) mass is 682 g/mol. The van der Waals surface area contributed by atoms with Gasteiger partial charge in [-0.1, -0.05) is 66.7 Å². The molecule has 2 fully saturated rings. The number of aromatic nitrogens is 2. The SMILES string of the molecule is O=C(/C=C/c1ccc(N2CCOCC2)nc1)OCc1ccccc1.O=C(OCc1ccccc1)[C@H](O)[C@@H](O)c1ccc(N2CCOCC2)nc1. The highest BCUT2D eigenvalue weighted by Gasteiger charge is 2.28. The van der Waals surface area contributed by atoms with Crippen molar-refractivity contribution in [2.24, 2.45) is 0 Å². The zero-order chi connectivity index (χ0) is 35.0. The number of carbonyl (C=O) groups is 2. The number of esters is 2. The Morgan fingerprint density at radius 1 is 0.700 bits per heavy atom. The summed E-state index contributed by atoms with van der Waals surface area (Å²) in [5.74, 6) is 0.460. The molecule has 6 rings (SSSR count). The van der Waals surface area contributed by atoms with E-state index in [9.17, 15) is 19.8 Å². The van der Waals surface area contributed by atoms with Crippen molar-refractivity contribution in [3.8, 4) is 0 Å². The highest BCUT2D eigenvalue weighted by atomic mass is 16.5. The molecule has 2 aliphatic heterocycles. The van der Waals surface area contributed by atoms with Gasteiger partial charge in [0.1, 0.15) is 31.0 Å². The van der Waals surface area contributed by atoms with E-state index in [-0.39, 0.29) is 19.2 Å². The molecule has 0 saturated carbocycles. The fourth-order valence-electron chi connectivity index (χ4n) is 5.09. The number of aliphatic hydroxyl groups excluding tert-OH is 2. The Labute approximate surface area is 291 Å². The van der Waals surface area contributed by atoms with Gasteiger partial charge in [0.05, 0.1) is 26.4 Å². The van der Waals surface area contributed by atoms with Gasteiger partial charge in [-0.2, -0.15) is 0 Å². The maximum Gasteiger partial charge on any atom is 0.338 e. The molecule has 2 saturated heterocycles. The molecular formula is C38H42N4O8. The molecule has 50 heavy (non-hydrogen) atoms. The number of ether oxygens (including phenoxy) is 4. The van der Waals surface area contributed by atoms with Crippen LogP contribution in [0, 0.1) is 0 Å². The second-order valence-corrected chi connectivity index (χ2v) is 11.5. The summed E-state index contributed by atoms with van der Waals surface area (Å²) in [4.78, 5) is 36.7. The van der Waals surface area contributed by atoms with Crippen LogP contribution in [0.1, 0.15) is 28.4 Å². The van der Waals surface area contributed by atoms with Crippen LogP contribution in [0.15, 0.2) is 103 Å². The van der Waals surface area contributed by atoms with E-state index in [1.54, 1.807) is 24.4 Å². The number of carbonyl (C=O) groups excluding carboxylic acids is 2. The van der Waals surface area contributed by atoms with Gasteiger partial charge in [-0.05, 0) is 41.0 Å². The molecule has 4 heterocycles. The molecule has 0 radical (unpaired) electrons. The molecule has 0 amide bonds. The molecule has 0 spiro atoms. The Morgan fingerprint density at radius 2 is 1.22 bits per heavy atom. The lowest BCUT2D eigenvalue weighted by molar-refractivity contribution is -0.161. The minimum absolute atomic E-state index is 0.0394. The lowest BCUT2D eigenvalue weighted by atomic mass is 10.1. The number of pyridine rings is 2. The van der Waals surface area contributed by atoms with Gasteiger partial charge in [0.25, 0.3) is 0 Å². The van der Waals surface area contributed by atoms with E-state index in [1.165, 1.54) is 12.3 Å². The van der Waals surface area contributed by atoms with Crippen LogP contribution in [0.2, 0.25) is 0 Å². The molecule has 4 aromatic rings. The van der Waals surface area contributed by atoms with E-state index >= 15 is 0 Å². The Hall–Kier alpha value is -5.14. The van der Waals surface area contributed by atoms with E-state index < -0.39 is 18.2 Å². The van der Waals surface area contributed by atoms with Crippen LogP contribution >= 0.6 is 0 Å². The fraction of sp³-hybridized carbons (Fsp3) is 0.316. The van der Waals surface area contributed by atoms with Gasteiger partial charge < -0.3 is 39.0 Å². The third-order valence-corrected chi connectivity index (χ3v) is 7.95. The molecule has 0 bridgehead atoms. The molecule has 2 N–H and O–H groups in total. The molecule has 0 unspecified atom stereocenters. The van der Waals surface area contributed by atoms with Crippen molar-refractivity contribution >= 4 is 29.7 Å². The smallest absolute Gasteiger partial charge is 0.338 e. The first-order valence-corrected chi connectivity index (χ1v) is 16.5. The Morgan fingerprint density at radius 3 is 1.72 bits per heavy atom. The van der Waals surface area contributed by atoms with E-state index in [1.807, 2.05) is 72.8 Å². The van der Waals surface area contributed by atoms with Gasteiger partial charge in [0.15, 0.2) is 6.10 Å². The van der Waals surface area contributed by atoms with Gasteiger partial charge in [0.2, 0.25) is 0 Å². The van der Waals surface area contributed by atoms with Crippen LogP contribution in [-0.2, 0) is 41.8 Å². The lowest BCUT2D eigenvalue weighted by Gasteiger charge is -2.28. The van der Waals surface area contributed by atoms with E-state index in [0.717, 1.165) is 67.7 Å². The van der Waals surface area contributed by atoms with Crippen molar-refractivity contribution in [3.05, 3.63) is 126 Å². The van der Waals surface area contributed by atoms with Crippen molar-refractivity contribution in [1.29, 1.82) is 0 Å². The van der Waals surface area contributed by atoms with Gasteiger partial charge in [-0.25, -0.2) is 19.6 Å². The van der Waals surface area contributed by atoms with Gasteiger partial charge in [0, 0.05) is 50.2 Å². The summed E-state index contributed by atoms with van der Waals surface area (Å²) in [6.07, 6.45) is 3.28. The summed E-state index contributed by atoms with van der Waals surface area (Å²) in [6.45, 7) is 6.30. The van der Waals surface area contributed by atoms with Crippen LogP contribution in [0.3, 0.4) is 0 Å². The van der Waals surface area contributed by atoms with Crippen LogP contribution in [0.4, 0.5) is 11.6 Å². The molecule has 0 aliphatic carbocycles. The Balaban J connectivity index is 0.000000195. The minimum Gasteiger partial charge on any atom is -0.459 e.